The molecule has 1 heterocycles. The van der Waals surface area contributed by atoms with Crippen LogP contribution in [-0.4, -0.2) is 32.4 Å². The van der Waals surface area contributed by atoms with Crippen LogP contribution < -0.4 is 0 Å². The predicted molar refractivity (Wildman–Crippen MR) is 68.2 cm³/mol. The van der Waals surface area contributed by atoms with E-state index >= 15 is 0 Å². The number of aryl methyl sites for hydroxylation is 1. The van der Waals surface area contributed by atoms with Gasteiger partial charge in [0.1, 0.15) is 5.25 Å². The number of hydrogen-bond acceptors (Lipinski definition) is 5. The van der Waals surface area contributed by atoms with Crippen molar-refractivity contribution in [2.24, 2.45) is 5.92 Å². The molecule has 2 unspecified atom stereocenters. The van der Waals surface area contributed by atoms with Crippen LogP contribution in [0, 0.1) is 5.92 Å². The number of rotatable bonds is 4. The number of aliphatic carboxylic acids is 2. The van der Waals surface area contributed by atoms with E-state index in [1.54, 1.807) is 6.92 Å². The summed E-state index contributed by atoms with van der Waals surface area (Å²) in [6, 6.07) is 0. The Morgan fingerprint density at radius 3 is 2.83 bits per heavy atom. The van der Waals surface area contributed by atoms with E-state index in [2.05, 4.69) is 4.98 Å². The Kier molecular flexibility index (Phi) is 3.91. The van der Waals surface area contributed by atoms with Crippen LogP contribution in [0.25, 0.3) is 0 Å². The summed E-state index contributed by atoms with van der Waals surface area (Å²) >= 11 is 2.64. The van der Waals surface area contributed by atoms with Crippen LogP contribution in [0.5, 0.6) is 0 Å². The number of carbonyl (C=O) groups is 2. The highest BCUT2D eigenvalue weighted by atomic mass is 32.2. The van der Waals surface area contributed by atoms with Crippen LogP contribution in [0.3, 0.4) is 0 Å². The number of carboxylic acid groups (broad SMARTS) is 2. The van der Waals surface area contributed by atoms with Gasteiger partial charge in [0.05, 0.1) is 11.6 Å². The third-order valence-corrected chi connectivity index (χ3v) is 5.20. The minimum Gasteiger partial charge on any atom is -0.481 e. The molecule has 0 radical (unpaired) electrons. The fraction of sp³-hybridized carbons (Fsp3) is 0.545. The minimum atomic E-state index is -0.864. The molecule has 0 fully saturated rings. The van der Waals surface area contributed by atoms with Gasteiger partial charge in [-0.15, -0.1) is 11.3 Å². The van der Waals surface area contributed by atoms with E-state index in [1.807, 2.05) is 0 Å². The van der Waals surface area contributed by atoms with E-state index in [1.165, 1.54) is 23.1 Å². The zero-order chi connectivity index (χ0) is 13.3. The van der Waals surface area contributed by atoms with Gasteiger partial charge in [-0.05, 0) is 26.2 Å². The van der Waals surface area contributed by atoms with Gasteiger partial charge in [0.25, 0.3) is 0 Å². The molecule has 2 N–H and O–H groups in total. The summed E-state index contributed by atoms with van der Waals surface area (Å²) in [5.41, 5.74) is 0.942. The fourth-order valence-electron chi connectivity index (χ4n) is 1.81. The van der Waals surface area contributed by atoms with Crippen molar-refractivity contribution in [2.75, 3.05) is 0 Å². The Labute approximate surface area is 112 Å². The van der Waals surface area contributed by atoms with Crippen molar-refractivity contribution in [1.82, 2.24) is 4.98 Å². The van der Waals surface area contributed by atoms with E-state index in [9.17, 15) is 9.59 Å². The van der Waals surface area contributed by atoms with Gasteiger partial charge in [-0.25, -0.2) is 4.98 Å². The maximum Gasteiger partial charge on any atom is 0.316 e. The second kappa shape index (κ2) is 5.27. The molecule has 0 saturated heterocycles. The van der Waals surface area contributed by atoms with Gasteiger partial charge in [0.15, 0.2) is 4.34 Å². The quantitative estimate of drug-likeness (QED) is 0.822. The van der Waals surface area contributed by atoms with E-state index in [0.717, 1.165) is 14.9 Å². The van der Waals surface area contributed by atoms with E-state index in [-0.39, 0.29) is 5.92 Å². The van der Waals surface area contributed by atoms with Crippen molar-refractivity contribution in [3.63, 3.8) is 0 Å². The van der Waals surface area contributed by atoms with Gasteiger partial charge >= 0.3 is 11.9 Å². The monoisotopic (exact) mass is 287 g/mol. The third kappa shape index (κ3) is 2.84. The zero-order valence-electron chi connectivity index (χ0n) is 9.75. The molecule has 7 heteroatoms. The lowest BCUT2D eigenvalue weighted by Gasteiger charge is -2.16. The van der Waals surface area contributed by atoms with E-state index < -0.39 is 17.2 Å². The summed E-state index contributed by atoms with van der Waals surface area (Å²) in [5, 5.41) is 17.3. The molecule has 18 heavy (non-hydrogen) atoms. The first-order chi connectivity index (χ1) is 8.47. The lowest BCUT2D eigenvalue weighted by molar-refractivity contribution is -0.142. The first kappa shape index (κ1) is 13.4. The Morgan fingerprint density at radius 2 is 2.22 bits per heavy atom. The van der Waals surface area contributed by atoms with Gasteiger partial charge in [0.2, 0.25) is 0 Å². The highest BCUT2D eigenvalue weighted by Crippen LogP contribution is 2.35. The van der Waals surface area contributed by atoms with Crippen LogP contribution in [0.4, 0.5) is 0 Å². The van der Waals surface area contributed by atoms with Crippen molar-refractivity contribution in [3.8, 4) is 0 Å². The average molecular weight is 287 g/mol. The summed E-state index contributed by atoms with van der Waals surface area (Å²) in [4.78, 5) is 27.1. The molecular formula is C11H13NO4S2. The molecule has 0 spiro atoms. The van der Waals surface area contributed by atoms with Gasteiger partial charge in [-0.2, -0.15) is 0 Å². The van der Waals surface area contributed by atoms with Crippen molar-refractivity contribution in [2.45, 2.75) is 35.8 Å². The second-order valence-electron chi connectivity index (χ2n) is 4.23. The van der Waals surface area contributed by atoms with Crippen molar-refractivity contribution in [3.05, 3.63) is 10.6 Å². The van der Waals surface area contributed by atoms with Crippen LogP contribution in [0.1, 0.15) is 23.9 Å². The van der Waals surface area contributed by atoms with E-state index in [4.69, 9.17) is 10.2 Å². The number of fused-ring (bicyclic) bond motifs is 1. The molecule has 0 saturated carbocycles. The number of thiazole rings is 1. The SMILES string of the molecule is CC(Sc1nc2c(s1)CC(C(=O)O)CC2)C(=O)O. The lowest BCUT2D eigenvalue weighted by atomic mass is 9.91. The van der Waals surface area contributed by atoms with Crippen molar-refractivity contribution in [1.29, 1.82) is 0 Å². The molecular weight excluding hydrogens is 274 g/mol. The number of aromatic nitrogens is 1. The first-order valence-electron chi connectivity index (χ1n) is 5.58. The molecule has 1 aromatic rings. The Bertz CT molecular complexity index is 485. The second-order valence-corrected chi connectivity index (χ2v) is 6.90. The van der Waals surface area contributed by atoms with Gasteiger partial charge in [-0.3, -0.25) is 9.59 Å². The summed E-state index contributed by atoms with van der Waals surface area (Å²) in [5.74, 6) is -1.95. The highest BCUT2D eigenvalue weighted by Gasteiger charge is 2.27. The number of hydrogen-bond donors (Lipinski definition) is 2. The Balaban J connectivity index is 2.10. The van der Waals surface area contributed by atoms with Crippen molar-refractivity contribution < 1.29 is 19.8 Å². The molecule has 98 valence electrons. The molecule has 2 rings (SSSR count). The summed E-state index contributed by atoms with van der Waals surface area (Å²) in [6.07, 6.45) is 1.81. The van der Waals surface area contributed by atoms with Crippen molar-refractivity contribution >= 4 is 35.0 Å². The molecule has 0 amide bonds. The number of nitrogens with zero attached hydrogens (tertiary/aromatic N) is 1. The lowest BCUT2D eigenvalue weighted by Crippen LogP contribution is -2.21. The summed E-state index contributed by atoms with van der Waals surface area (Å²) in [7, 11) is 0. The van der Waals surface area contributed by atoms with E-state index in [0.29, 0.717) is 19.3 Å². The largest absolute Gasteiger partial charge is 0.481 e. The molecule has 0 aliphatic heterocycles. The Morgan fingerprint density at radius 1 is 1.50 bits per heavy atom. The molecule has 1 aliphatic carbocycles. The standard InChI is InChI=1S/C11H13NO4S2/c1-5(9(13)14)17-11-12-7-3-2-6(10(15)16)4-8(7)18-11/h5-6H,2-4H2,1H3,(H,13,14)(H,15,16). The molecule has 0 aromatic carbocycles. The van der Waals surface area contributed by atoms with Crippen LogP contribution in [-0.2, 0) is 22.4 Å². The molecule has 0 bridgehead atoms. The molecule has 2 atom stereocenters. The molecule has 1 aromatic heterocycles. The number of carboxylic acids is 2. The summed E-state index contributed by atoms with van der Waals surface area (Å²) in [6.45, 7) is 1.62. The van der Waals surface area contributed by atoms with Gasteiger partial charge in [0, 0.05) is 4.88 Å². The molecule has 1 aliphatic rings. The molecule has 5 nitrogen and oxygen atoms in total. The van der Waals surface area contributed by atoms with Gasteiger partial charge < -0.3 is 10.2 Å². The number of thioether (sulfide) groups is 1. The zero-order valence-corrected chi connectivity index (χ0v) is 11.4. The maximum atomic E-state index is 10.9. The fourth-order valence-corrected chi connectivity index (χ4v) is 4.22. The normalized spacial score (nSPS) is 20.2. The highest BCUT2D eigenvalue weighted by molar-refractivity contribution is 8.02. The maximum absolute atomic E-state index is 10.9. The first-order valence-corrected chi connectivity index (χ1v) is 7.28. The Hall–Kier alpha value is -1.08. The smallest absolute Gasteiger partial charge is 0.316 e. The summed E-state index contributed by atoms with van der Waals surface area (Å²) < 4.78 is 0.723. The van der Waals surface area contributed by atoms with Crippen LogP contribution >= 0.6 is 23.1 Å². The van der Waals surface area contributed by atoms with Crippen LogP contribution in [0.2, 0.25) is 0 Å². The predicted octanol–water partition coefficient (Wildman–Crippen LogP) is 1.90. The minimum absolute atomic E-state index is 0.326. The van der Waals surface area contributed by atoms with Crippen LogP contribution in [0.15, 0.2) is 4.34 Å². The topological polar surface area (TPSA) is 87.5 Å². The average Bonchev–Trinajstić information content (AvgIpc) is 2.69. The third-order valence-electron chi connectivity index (χ3n) is 2.89. The van der Waals surface area contributed by atoms with Gasteiger partial charge in [-0.1, -0.05) is 11.8 Å².